The topological polar surface area (TPSA) is 113 Å². The molecular formula is C17H22N4O3S. The van der Waals surface area contributed by atoms with Crippen LogP contribution in [0.4, 0.5) is 11.4 Å². The molecule has 0 unspecified atom stereocenters. The number of nitrogens with two attached hydrogens (primary N) is 1. The van der Waals surface area contributed by atoms with Crippen LogP contribution in [0.3, 0.4) is 0 Å². The summed E-state index contributed by atoms with van der Waals surface area (Å²) in [5.74, 6) is -0.156. The molecule has 0 saturated carbocycles. The van der Waals surface area contributed by atoms with Gasteiger partial charge in [0.1, 0.15) is 0 Å². The predicted molar refractivity (Wildman–Crippen MR) is 100 cm³/mol. The van der Waals surface area contributed by atoms with E-state index in [-0.39, 0.29) is 5.91 Å². The van der Waals surface area contributed by atoms with Gasteiger partial charge in [-0.2, -0.15) is 0 Å². The van der Waals surface area contributed by atoms with Gasteiger partial charge < -0.3 is 16.4 Å². The van der Waals surface area contributed by atoms with Gasteiger partial charge in [0.15, 0.2) is 0 Å². The molecule has 1 amide bonds. The van der Waals surface area contributed by atoms with E-state index >= 15 is 0 Å². The Morgan fingerprint density at radius 2 is 1.80 bits per heavy atom. The van der Waals surface area contributed by atoms with Crippen LogP contribution in [0.15, 0.2) is 48.5 Å². The van der Waals surface area contributed by atoms with Crippen LogP contribution in [0, 0.1) is 0 Å². The minimum absolute atomic E-state index is 0.156. The van der Waals surface area contributed by atoms with Crippen LogP contribution in [-0.4, -0.2) is 33.7 Å². The molecule has 0 aromatic heterocycles. The lowest BCUT2D eigenvalue weighted by molar-refractivity contribution is 0.0955. The summed E-state index contributed by atoms with van der Waals surface area (Å²) in [6.45, 7) is 1.37. The highest BCUT2D eigenvalue weighted by molar-refractivity contribution is 7.92. The average molecular weight is 362 g/mol. The molecule has 2 aromatic rings. The second-order valence-electron chi connectivity index (χ2n) is 5.55. The fourth-order valence-corrected chi connectivity index (χ4v) is 2.75. The van der Waals surface area contributed by atoms with Gasteiger partial charge in [0.25, 0.3) is 5.91 Å². The van der Waals surface area contributed by atoms with E-state index in [0.717, 1.165) is 17.5 Å². The number of hydrogen-bond donors (Lipinski definition) is 4. The molecule has 0 saturated heterocycles. The lowest BCUT2D eigenvalue weighted by Crippen LogP contribution is -2.28. The molecule has 0 spiro atoms. The van der Waals surface area contributed by atoms with E-state index in [1.165, 1.54) is 0 Å². The quantitative estimate of drug-likeness (QED) is 0.566. The van der Waals surface area contributed by atoms with Crippen LogP contribution in [-0.2, 0) is 16.6 Å². The zero-order valence-electron chi connectivity index (χ0n) is 14.0. The summed E-state index contributed by atoms with van der Waals surface area (Å²) in [7, 11) is -3.30. The first-order chi connectivity index (χ1) is 11.9. The lowest BCUT2D eigenvalue weighted by atomic mass is 10.1. The van der Waals surface area contributed by atoms with E-state index in [9.17, 15) is 13.2 Å². The van der Waals surface area contributed by atoms with E-state index in [1.807, 2.05) is 18.2 Å². The molecule has 25 heavy (non-hydrogen) atoms. The molecule has 0 aliphatic carbocycles. The largest absolute Gasteiger partial charge is 0.381 e. The summed E-state index contributed by atoms with van der Waals surface area (Å²) in [4.78, 5) is 11.8. The molecule has 2 aromatic carbocycles. The summed E-state index contributed by atoms with van der Waals surface area (Å²) in [5.41, 5.74) is 8.23. The predicted octanol–water partition coefficient (Wildman–Crippen LogP) is 1.36. The van der Waals surface area contributed by atoms with E-state index in [2.05, 4.69) is 15.4 Å². The van der Waals surface area contributed by atoms with Crippen molar-refractivity contribution in [3.63, 3.8) is 0 Å². The van der Waals surface area contributed by atoms with Crippen molar-refractivity contribution in [2.45, 2.75) is 6.54 Å². The molecule has 0 aliphatic heterocycles. The number of hydrogen-bond acceptors (Lipinski definition) is 5. The highest BCUT2D eigenvalue weighted by Crippen LogP contribution is 2.15. The van der Waals surface area contributed by atoms with Crippen LogP contribution < -0.4 is 21.1 Å². The minimum Gasteiger partial charge on any atom is -0.381 e. The van der Waals surface area contributed by atoms with Crippen molar-refractivity contribution in [1.29, 1.82) is 0 Å². The Kier molecular flexibility index (Phi) is 6.37. The molecule has 8 heteroatoms. The maximum Gasteiger partial charge on any atom is 0.251 e. The van der Waals surface area contributed by atoms with E-state index < -0.39 is 10.0 Å². The Morgan fingerprint density at radius 1 is 1.08 bits per heavy atom. The first-order valence-corrected chi connectivity index (χ1v) is 9.65. The van der Waals surface area contributed by atoms with Gasteiger partial charge in [-0.1, -0.05) is 12.1 Å². The van der Waals surface area contributed by atoms with Gasteiger partial charge in [0, 0.05) is 36.6 Å². The molecule has 0 bridgehead atoms. The van der Waals surface area contributed by atoms with Crippen molar-refractivity contribution < 1.29 is 13.2 Å². The van der Waals surface area contributed by atoms with Gasteiger partial charge in [-0.15, -0.1) is 0 Å². The molecule has 7 nitrogen and oxygen atoms in total. The molecular weight excluding hydrogens is 340 g/mol. The molecule has 134 valence electrons. The second kappa shape index (κ2) is 8.50. The van der Waals surface area contributed by atoms with Gasteiger partial charge in [-0.05, 0) is 42.0 Å². The Morgan fingerprint density at radius 3 is 2.44 bits per heavy atom. The summed E-state index contributed by atoms with van der Waals surface area (Å²) >= 11 is 0. The van der Waals surface area contributed by atoms with Crippen LogP contribution in [0.1, 0.15) is 15.9 Å². The van der Waals surface area contributed by atoms with Gasteiger partial charge in [0.2, 0.25) is 10.0 Å². The zero-order valence-corrected chi connectivity index (χ0v) is 14.8. The van der Waals surface area contributed by atoms with Crippen molar-refractivity contribution in [1.82, 2.24) is 5.32 Å². The second-order valence-corrected chi connectivity index (χ2v) is 7.30. The number of benzene rings is 2. The molecule has 0 heterocycles. The summed E-state index contributed by atoms with van der Waals surface area (Å²) in [6, 6.07) is 14.2. The number of anilines is 2. The third-order valence-corrected chi connectivity index (χ3v) is 3.91. The van der Waals surface area contributed by atoms with Crippen molar-refractivity contribution >= 4 is 27.3 Å². The Labute approximate surface area is 147 Å². The first kappa shape index (κ1) is 18.8. The summed E-state index contributed by atoms with van der Waals surface area (Å²) in [5, 5.41) is 5.94. The van der Waals surface area contributed by atoms with E-state index in [0.29, 0.717) is 30.9 Å². The van der Waals surface area contributed by atoms with Crippen molar-refractivity contribution in [2.24, 2.45) is 5.73 Å². The Balaban J connectivity index is 1.95. The molecule has 0 fully saturated rings. The van der Waals surface area contributed by atoms with Crippen molar-refractivity contribution in [3.8, 4) is 0 Å². The van der Waals surface area contributed by atoms with Gasteiger partial charge in [-0.25, -0.2) is 8.42 Å². The van der Waals surface area contributed by atoms with Crippen molar-refractivity contribution in [3.05, 3.63) is 59.7 Å². The van der Waals surface area contributed by atoms with E-state index in [4.69, 9.17) is 5.73 Å². The minimum atomic E-state index is -3.30. The maximum atomic E-state index is 11.8. The summed E-state index contributed by atoms with van der Waals surface area (Å²) in [6.07, 6.45) is 1.11. The Hall–Kier alpha value is -2.58. The highest BCUT2D eigenvalue weighted by Gasteiger charge is 2.05. The number of carbonyl (C=O) groups excluding carboxylic acids is 1. The number of sulfonamides is 1. The van der Waals surface area contributed by atoms with Crippen LogP contribution in [0.5, 0.6) is 0 Å². The third kappa shape index (κ3) is 6.44. The monoisotopic (exact) mass is 362 g/mol. The molecule has 0 aliphatic rings. The van der Waals surface area contributed by atoms with Gasteiger partial charge in [-0.3, -0.25) is 9.52 Å². The maximum absolute atomic E-state index is 11.8. The highest BCUT2D eigenvalue weighted by atomic mass is 32.2. The average Bonchev–Trinajstić information content (AvgIpc) is 2.57. The molecule has 5 N–H and O–H groups in total. The molecule has 0 radical (unpaired) electrons. The fourth-order valence-electron chi connectivity index (χ4n) is 2.19. The standard InChI is InChI=1S/C17H22N4O3S/c1-25(23,24)21-16-4-2-3-13(11-16)12-20-15-7-5-14(6-8-15)17(22)19-10-9-18/h2-8,11,20-21H,9-10,12,18H2,1H3,(H,19,22). The van der Waals surface area contributed by atoms with Gasteiger partial charge >= 0.3 is 0 Å². The zero-order chi connectivity index (χ0) is 18.3. The first-order valence-electron chi connectivity index (χ1n) is 7.76. The third-order valence-electron chi connectivity index (χ3n) is 3.30. The van der Waals surface area contributed by atoms with Crippen LogP contribution >= 0.6 is 0 Å². The lowest BCUT2D eigenvalue weighted by Gasteiger charge is -2.10. The molecule has 0 atom stereocenters. The van der Waals surface area contributed by atoms with Gasteiger partial charge in [0.05, 0.1) is 6.26 Å². The smallest absolute Gasteiger partial charge is 0.251 e. The Bertz CT molecular complexity index is 820. The number of nitrogens with one attached hydrogen (secondary N) is 3. The van der Waals surface area contributed by atoms with Crippen molar-refractivity contribution in [2.75, 3.05) is 29.4 Å². The number of amides is 1. The number of carbonyl (C=O) groups is 1. The summed E-state index contributed by atoms with van der Waals surface area (Å²) < 4.78 is 25.0. The number of rotatable bonds is 8. The SMILES string of the molecule is CS(=O)(=O)Nc1cccc(CNc2ccc(C(=O)NCCN)cc2)c1. The van der Waals surface area contributed by atoms with Crippen LogP contribution in [0.25, 0.3) is 0 Å². The van der Waals surface area contributed by atoms with Crippen LogP contribution in [0.2, 0.25) is 0 Å². The van der Waals surface area contributed by atoms with E-state index in [1.54, 1.807) is 30.3 Å². The fraction of sp³-hybridized carbons (Fsp3) is 0.235. The normalized spacial score (nSPS) is 11.0. The molecule has 2 rings (SSSR count).